The molecule has 2 aliphatic heterocycles. The average molecular weight is 451 g/mol. The standard InChI is InChI=1S/C24H30N6O3/c1-4-26-23(31)27-18-8-6-17(7-9-18)21-28-20-19(15-33-24(20,3)10-5-11-25)22(29-21)30-12-13-32-14-16(30)2/h6-9,16H,4-5,10,12-15H2,1-3H3,(H2,26,27,31)/t16-,24-/m0/s1. The van der Waals surface area contributed by atoms with Crippen LogP contribution in [0.5, 0.6) is 0 Å². The Kier molecular flexibility index (Phi) is 6.77. The molecule has 0 unspecified atom stereocenters. The molecule has 2 amide bonds. The fraction of sp³-hybridized carbons (Fsp3) is 0.500. The van der Waals surface area contributed by atoms with Gasteiger partial charge < -0.3 is 25.0 Å². The molecule has 1 saturated heterocycles. The third kappa shape index (κ3) is 4.77. The first-order valence-corrected chi connectivity index (χ1v) is 11.4. The van der Waals surface area contributed by atoms with E-state index in [1.807, 2.05) is 38.1 Å². The number of rotatable bonds is 6. The number of nitrogens with one attached hydrogen (secondary N) is 2. The first-order chi connectivity index (χ1) is 15.9. The van der Waals surface area contributed by atoms with Crippen molar-refractivity contribution >= 4 is 17.5 Å². The van der Waals surface area contributed by atoms with Gasteiger partial charge in [0.15, 0.2) is 5.82 Å². The van der Waals surface area contributed by atoms with Crippen LogP contribution < -0.4 is 15.5 Å². The zero-order chi connectivity index (χ0) is 23.4. The molecule has 9 heteroatoms. The molecule has 9 nitrogen and oxygen atoms in total. The summed E-state index contributed by atoms with van der Waals surface area (Å²) >= 11 is 0. The zero-order valence-electron chi connectivity index (χ0n) is 19.4. The van der Waals surface area contributed by atoms with Crippen molar-refractivity contribution < 1.29 is 14.3 Å². The highest BCUT2D eigenvalue weighted by atomic mass is 16.5. The third-order valence-corrected chi connectivity index (χ3v) is 6.11. The van der Waals surface area contributed by atoms with E-state index in [9.17, 15) is 4.79 Å². The molecular formula is C24H30N6O3. The van der Waals surface area contributed by atoms with Crippen LogP contribution in [0.1, 0.15) is 44.9 Å². The number of aromatic nitrogens is 2. The maximum absolute atomic E-state index is 11.8. The van der Waals surface area contributed by atoms with E-state index in [2.05, 4.69) is 28.5 Å². The summed E-state index contributed by atoms with van der Waals surface area (Å²) < 4.78 is 11.8. The molecule has 174 valence electrons. The SMILES string of the molecule is CCNC(=O)Nc1ccc(-c2nc(N3CCOC[C@@H]3C)c3c(n2)[C@](C)(CCC#N)OC3)cc1. The average Bonchev–Trinajstić information content (AvgIpc) is 3.15. The summed E-state index contributed by atoms with van der Waals surface area (Å²) in [6, 6.07) is 9.64. The van der Waals surface area contributed by atoms with Crippen LogP contribution in [0.3, 0.4) is 0 Å². The largest absolute Gasteiger partial charge is 0.377 e. The lowest BCUT2D eigenvalue weighted by molar-refractivity contribution is -0.0306. The maximum Gasteiger partial charge on any atom is 0.319 e. The molecule has 1 fully saturated rings. The summed E-state index contributed by atoms with van der Waals surface area (Å²) in [6.07, 6.45) is 0.958. The number of nitriles is 1. The van der Waals surface area contributed by atoms with Gasteiger partial charge >= 0.3 is 6.03 Å². The Morgan fingerprint density at radius 1 is 1.33 bits per heavy atom. The van der Waals surface area contributed by atoms with Gasteiger partial charge in [-0.15, -0.1) is 0 Å². The smallest absolute Gasteiger partial charge is 0.319 e. The number of fused-ring (bicyclic) bond motifs is 1. The Morgan fingerprint density at radius 2 is 2.12 bits per heavy atom. The van der Waals surface area contributed by atoms with Crippen molar-refractivity contribution in [2.75, 3.05) is 36.5 Å². The van der Waals surface area contributed by atoms with Gasteiger partial charge in [0, 0.05) is 36.3 Å². The second-order valence-corrected chi connectivity index (χ2v) is 8.55. The van der Waals surface area contributed by atoms with E-state index in [0.29, 0.717) is 50.7 Å². The van der Waals surface area contributed by atoms with Gasteiger partial charge in [-0.3, -0.25) is 0 Å². The molecule has 2 atom stereocenters. The summed E-state index contributed by atoms with van der Waals surface area (Å²) in [5.74, 6) is 1.47. The molecule has 2 aromatic rings. The molecule has 0 spiro atoms. The number of urea groups is 1. The van der Waals surface area contributed by atoms with E-state index in [1.165, 1.54) is 0 Å². The minimum Gasteiger partial charge on any atom is -0.377 e. The minimum absolute atomic E-state index is 0.181. The maximum atomic E-state index is 11.8. The highest BCUT2D eigenvalue weighted by molar-refractivity contribution is 5.89. The van der Waals surface area contributed by atoms with Crippen LogP contribution in [0.25, 0.3) is 11.4 Å². The number of ether oxygens (including phenoxy) is 2. The molecule has 1 aromatic carbocycles. The lowest BCUT2D eigenvalue weighted by Crippen LogP contribution is -2.44. The van der Waals surface area contributed by atoms with Gasteiger partial charge in [0.05, 0.1) is 37.6 Å². The highest BCUT2D eigenvalue weighted by Gasteiger charge is 2.41. The molecule has 1 aromatic heterocycles. The molecule has 33 heavy (non-hydrogen) atoms. The number of morpholine rings is 1. The predicted molar refractivity (Wildman–Crippen MR) is 125 cm³/mol. The molecule has 2 N–H and O–H groups in total. The first-order valence-electron chi connectivity index (χ1n) is 11.4. The lowest BCUT2D eigenvalue weighted by Gasteiger charge is -2.35. The minimum atomic E-state index is -0.632. The quantitative estimate of drug-likeness (QED) is 0.692. The van der Waals surface area contributed by atoms with Crippen molar-refractivity contribution in [3.8, 4) is 17.5 Å². The highest BCUT2D eigenvalue weighted by Crippen LogP contribution is 2.43. The van der Waals surface area contributed by atoms with Crippen molar-refractivity contribution in [1.82, 2.24) is 15.3 Å². The van der Waals surface area contributed by atoms with Gasteiger partial charge in [-0.05, 0) is 51.5 Å². The summed E-state index contributed by atoms with van der Waals surface area (Å²) in [6.45, 7) is 9.00. The zero-order valence-corrected chi connectivity index (χ0v) is 19.4. The fourth-order valence-corrected chi connectivity index (χ4v) is 4.27. The number of carbonyl (C=O) groups is 1. The number of benzene rings is 1. The van der Waals surface area contributed by atoms with Gasteiger partial charge in [-0.25, -0.2) is 14.8 Å². The van der Waals surface area contributed by atoms with Gasteiger partial charge in [0.1, 0.15) is 11.4 Å². The number of hydrogen-bond acceptors (Lipinski definition) is 7. The van der Waals surface area contributed by atoms with Crippen molar-refractivity contribution in [3.05, 3.63) is 35.5 Å². The van der Waals surface area contributed by atoms with E-state index in [0.717, 1.165) is 29.2 Å². The topological polar surface area (TPSA) is 112 Å². The van der Waals surface area contributed by atoms with Gasteiger partial charge in [-0.2, -0.15) is 5.26 Å². The number of anilines is 2. The van der Waals surface area contributed by atoms with Crippen molar-refractivity contribution in [3.63, 3.8) is 0 Å². The fourth-order valence-electron chi connectivity index (χ4n) is 4.27. The van der Waals surface area contributed by atoms with Crippen molar-refractivity contribution in [2.45, 2.75) is 51.9 Å². The van der Waals surface area contributed by atoms with E-state index in [-0.39, 0.29) is 12.1 Å². The molecule has 0 saturated carbocycles. The van der Waals surface area contributed by atoms with Crippen molar-refractivity contribution in [1.29, 1.82) is 5.26 Å². The van der Waals surface area contributed by atoms with Crippen LogP contribution in [0.4, 0.5) is 16.3 Å². The van der Waals surface area contributed by atoms with Crippen LogP contribution in [0, 0.1) is 11.3 Å². The van der Waals surface area contributed by atoms with E-state index in [1.54, 1.807) is 0 Å². The Balaban J connectivity index is 1.73. The molecular weight excluding hydrogens is 420 g/mol. The first kappa shape index (κ1) is 23.0. The van der Waals surface area contributed by atoms with Gasteiger partial charge in [-0.1, -0.05) is 0 Å². The normalized spacial score (nSPS) is 21.9. The number of hydrogen-bond donors (Lipinski definition) is 2. The number of carbonyl (C=O) groups excluding carboxylic acids is 1. The number of amides is 2. The molecule has 3 heterocycles. The van der Waals surface area contributed by atoms with Crippen LogP contribution in [-0.2, 0) is 21.7 Å². The summed E-state index contributed by atoms with van der Waals surface area (Å²) in [4.78, 5) is 24.0. The third-order valence-electron chi connectivity index (χ3n) is 6.11. The van der Waals surface area contributed by atoms with Crippen molar-refractivity contribution in [2.24, 2.45) is 0 Å². The van der Waals surface area contributed by atoms with Crippen LogP contribution >= 0.6 is 0 Å². The van der Waals surface area contributed by atoms with E-state index >= 15 is 0 Å². The summed E-state index contributed by atoms with van der Waals surface area (Å²) in [5.41, 5.74) is 2.74. The van der Waals surface area contributed by atoms with Crippen LogP contribution in [-0.4, -0.2) is 48.3 Å². The molecule has 2 aliphatic rings. The Labute approximate surface area is 194 Å². The Bertz CT molecular complexity index is 1050. The molecule has 0 radical (unpaired) electrons. The second-order valence-electron chi connectivity index (χ2n) is 8.55. The predicted octanol–water partition coefficient (Wildman–Crippen LogP) is 3.56. The number of nitrogens with zero attached hydrogens (tertiary/aromatic N) is 4. The summed E-state index contributed by atoms with van der Waals surface area (Å²) in [5, 5.41) is 14.7. The van der Waals surface area contributed by atoms with Gasteiger partial charge in [0.25, 0.3) is 0 Å². The van der Waals surface area contributed by atoms with E-state index < -0.39 is 5.60 Å². The summed E-state index contributed by atoms with van der Waals surface area (Å²) in [7, 11) is 0. The van der Waals surface area contributed by atoms with Crippen LogP contribution in [0.2, 0.25) is 0 Å². The Morgan fingerprint density at radius 3 is 2.82 bits per heavy atom. The van der Waals surface area contributed by atoms with Crippen LogP contribution in [0.15, 0.2) is 24.3 Å². The lowest BCUT2D eigenvalue weighted by atomic mass is 9.94. The monoisotopic (exact) mass is 450 g/mol. The second kappa shape index (κ2) is 9.73. The van der Waals surface area contributed by atoms with Gasteiger partial charge in [0.2, 0.25) is 0 Å². The van der Waals surface area contributed by atoms with E-state index in [4.69, 9.17) is 24.7 Å². The molecule has 0 aliphatic carbocycles. The molecule has 0 bridgehead atoms. The Hall–Kier alpha value is -3.22. The molecule has 4 rings (SSSR count).